The summed E-state index contributed by atoms with van der Waals surface area (Å²) in [5.74, 6) is 1.82. The van der Waals surface area contributed by atoms with Crippen LogP contribution in [0.3, 0.4) is 0 Å². The third-order valence-corrected chi connectivity index (χ3v) is 3.75. The Labute approximate surface area is 117 Å². The highest BCUT2D eigenvalue weighted by Crippen LogP contribution is 2.27. The summed E-state index contributed by atoms with van der Waals surface area (Å²) in [4.78, 5) is 0. The molecule has 0 bridgehead atoms. The van der Waals surface area contributed by atoms with Crippen molar-refractivity contribution in [2.75, 3.05) is 0 Å². The maximum atomic E-state index is 5.93. The van der Waals surface area contributed by atoms with Gasteiger partial charge in [-0.2, -0.15) is 0 Å². The molecule has 2 heteroatoms. The zero-order chi connectivity index (χ0) is 13.1. The maximum Gasteiger partial charge on any atom is 0.130 e. The lowest BCUT2D eigenvalue weighted by atomic mass is 10.1. The van der Waals surface area contributed by atoms with Gasteiger partial charge in [-0.3, -0.25) is 0 Å². The van der Waals surface area contributed by atoms with E-state index >= 15 is 0 Å². The first-order chi connectivity index (χ1) is 8.60. The molecule has 0 fully saturated rings. The van der Waals surface area contributed by atoms with Gasteiger partial charge in [0.25, 0.3) is 0 Å². The summed E-state index contributed by atoms with van der Waals surface area (Å²) in [6, 6.07) is 12.4. The highest BCUT2D eigenvalue weighted by atomic mass is 79.9. The summed E-state index contributed by atoms with van der Waals surface area (Å²) in [6.45, 7) is 6.28. The summed E-state index contributed by atoms with van der Waals surface area (Å²) in [6.07, 6.45) is 0. The van der Waals surface area contributed by atoms with Crippen LogP contribution in [0.2, 0.25) is 0 Å². The van der Waals surface area contributed by atoms with Crippen molar-refractivity contribution in [2.24, 2.45) is 0 Å². The van der Waals surface area contributed by atoms with E-state index in [1.54, 1.807) is 0 Å². The standard InChI is InChI=1S/C16H17BrO/c1-11-4-6-15(9-12(11)2)18-16-7-5-14(10-17)8-13(16)3/h4-9H,10H2,1-3H3. The molecule has 2 aromatic carbocycles. The lowest BCUT2D eigenvalue weighted by molar-refractivity contribution is 0.478. The van der Waals surface area contributed by atoms with E-state index in [1.807, 2.05) is 12.1 Å². The van der Waals surface area contributed by atoms with Crippen molar-refractivity contribution in [1.29, 1.82) is 0 Å². The van der Waals surface area contributed by atoms with Gasteiger partial charge in [0.2, 0.25) is 0 Å². The molecule has 18 heavy (non-hydrogen) atoms. The van der Waals surface area contributed by atoms with Gasteiger partial charge in [0, 0.05) is 5.33 Å². The first-order valence-corrected chi connectivity index (χ1v) is 7.13. The Balaban J connectivity index is 2.25. The Kier molecular flexibility index (Phi) is 4.07. The quantitative estimate of drug-likeness (QED) is 0.699. The predicted octanol–water partition coefficient (Wildman–Crippen LogP) is 5.30. The second-order valence-electron chi connectivity index (χ2n) is 4.58. The molecule has 0 heterocycles. The molecule has 2 aromatic rings. The number of aryl methyl sites for hydroxylation is 3. The average molecular weight is 305 g/mol. The van der Waals surface area contributed by atoms with E-state index in [-0.39, 0.29) is 0 Å². The minimum absolute atomic E-state index is 0.873. The highest BCUT2D eigenvalue weighted by Gasteiger charge is 2.03. The predicted molar refractivity (Wildman–Crippen MR) is 79.8 cm³/mol. The number of rotatable bonds is 3. The largest absolute Gasteiger partial charge is 0.457 e. The van der Waals surface area contributed by atoms with Crippen molar-refractivity contribution >= 4 is 15.9 Å². The van der Waals surface area contributed by atoms with E-state index in [9.17, 15) is 0 Å². The molecule has 0 saturated carbocycles. The lowest BCUT2D eigenvalue weighted by Crippen LogP contribution is -1.90. The topological polar surface area (TPSA) is 9.23 Å². The van der Waals surface area contributed by atoms with Crippen LogP contribution in [0.4, 0.5) is 0 Å². The van der Waals surface area contributed by atoms with E-state index in [2.05, 4.69) is 61.0 Å². The van der Waals surface area contributed by atoms with Crippen molar-refractivity contribution in [2.45, 2.75) is 26.1 Å². The summed E-state index contributed by atoms with van der Waals surface area (Å²) in [5.41, 5.74) is 4.96. The number of ether oxygens (including phenoxy) is 1. The molecular formula is C16H17BrO. The van der Waals surface area contributed by atoms with Crippen LogP contribution < -0.4 is 4.74 Å². The molecule has 0 aliphatic heterocycles. The summed E-state index contributed by atoms with van der Waals surface area (Å²) in [7, 11) is 0. The summed E-state index contributed by atoms with van der Waals surface area (Å²) in [5, 5.41) is 0.873. The molecule has 0 aliphatic rings. The second-order valence-corrected chi connectivity index (χ2v) is 5.14. The molecule has 0 saturated heterocycles. The van der Waals surface area contributed by atoms with Gasteiger partial charge in [-0.25, -0.2) is 0 Å². The van der Waals surface area contributed by atoms with E-state index in [0.29, 0.717) is 0 Å². The summed E-state index contributed by atoms with van der Waals surface area (Å²) < 4.78 is 5.93. The molecule has 0 aromatic heterocycles. The van der Waals surface area contributed by atoms with E-state index in [1.165, 1.54) is 16.7 Å². The minimum atomic E-state index is 0.873. The molecule has 2 rings (SSSR count). The number of halogens is 1. The Morgan fingerprint density at radius 3 is 2.28 bits per heavy atom. The SMILES string of the molecule is Cc1ccc(Oc2ccc(CBr)cc2C)cc1C. The summed E-state index contributed by atoms with van der Waals surface area (Å²) >= 11 is 3.46. The van der Waals surface area contributed by atoms with Crippen LogP contribution in [-0.4, -0.2) is 0 Å². The van der Waals surface area contributed by atoms with Crippen LogP contribution in [-0.2, 0) is 5.33 Å². The van der Waals surface area contributed by atoms with Crippen LogP contribution in [0.25, 0.3) is 0 Å². The van der Waals surface area contributed by atoms with Crippen LogP contribution in [0, 0.1) is 20.8 Å². The number of benzene rings is 2. The Morgan fingerprint density at radius 2 is 1.67 bits per heavy atom. The van der Waals surface area contributed by atoms with E-state index in [0.717, 1.165) is 22.4 Å². The molecule has 0 amide bonds. The van der Waals surface area contributed by atoms with Crippen LogP contribution >= 0.6 is 15.9 Å². The smallest absolute Gasteiger partial charge is 0.130 e. The average Bonchev–Trinajstić information content (AvgIpc) is 2.36. The van der Waals surface area contributed by atoms with Crippen molar-refractivity contribution in [3.05, 3.63) is 58.7 Å². The fraction of sp³-hybridized carbons (Fsp3) is 0.250. The lowest BCUT2D eigenvalue weighted by Gasteiger charge is -2.11. The Bertz CT molecular complexity index is 561. The molecule has 0 unspecified atom stereocenters. The molecule has 0 N–H and O–H groups in total. The van der Waals surface area contributed by atoms with Crippen LogP contribution in [0.5, 0.6) is 11.5 Å². The van der Waals surface area contributed by atoms with Crippen molar-refractivity contribution in [1.82, 2.24) is 0 Å². The third-order valence-electron chi connectivity index (χ3n) is 3.10. The molecule has 94 valence electrons. The van der Waals surface area contributed by atoms with E-state index in [4.69, 9.17) is 4.74 Å². The highest BCUT2D eigenvalue weighted by molar-refractivity contribution is 9.08. The van der Waals surface area contributed by atoms with E-state index < -0.39 is 0 Å². The minimum Gasteiger partial charge on any atom is -0.457 e. The van der Waals surface area contributed by atoms with Gasteiger partial charge < -0.3 is 4.74 Å². The normalized spacial score (nSPS) is 10.4. The molecule has 1 nitrogen and oxygen atoms in total. The Hall–Kier alpha value is -1.28. The zero-order valence-electron chi connectivity index (χ0n) is 11.0. The van der Waals surface area contributed by atoms with Crippen molar-refractivity contribution in [3.63, 3.8) is 0 Å². The van der Waals surface area contributed by atoms with Gasteiger partial charge in [0.05, 0.1) is 0 Å². The van der Waals surface area contributed by atoms with Gasteiger partial charge in [-0.1, -0.05) is 34.1 Å². The van der Waals surface area contributed by atoms with Crippen molar-refractivity contribution < 1.29 is 4.74 Å². The fourth-order valence-electron chi connectivity index (χ4n) is 1.81. The molecule has 0 spiro atoms. The van der Waals surface area contributed by atoms with Gasteiger partial charge >= 0.3 is 0 Å². The molecule has 0 aliphatic carbocycles. The van der Waals surface area contributed by atoms with Gasteiger partial charge in [-0.05, 0) is 61.2 Å². The third kappa shape index (κ3) is 2.94. The van der Waals surface area contributed by atoms with Gasteiger partial charge in [0.15, 0.2) is 0 Å². The number of hydrogen-bond acceptors (Lipinski definition) is 1. The maximum absolute atomic E-state index is 5.93. The fourth-order valence-corrected chi connectivity index (χ4v) is 2.16. The first-order valence-electron chi connectivity index (χ1n) is 6.01. The van der Waals surface area contributed by atoms with Crippen molar-refractivity contribution in [3.8, 4) is 11.5 Å². The molecular weight excluding hydrogens is 288 g/mol. The molecule has 0 radical (unpaired) electrons. The monoisotopic (exact) mass is 304 g/mol. The molecule has 0 atom stereocenters. The van der Waals surface area contributed by atoms with Gasteiger partial charge in [0.1, 0.15) is 11.5 Å². The van der Waals surface area contributed by atoms with Gasteiger partial charge in [-0.15, -0.1) is 0 Å². The number of hydrogen-bond donors (Lipinski definition) is 0. The zero-order valence-corrected chi connectivity index (χ0v) is 12.5. The number of alkyl halides is 1. The Morgan fingerprint density at radius 1 is 0.889 bits per heavy atom. The first kappa shape index (κ1) is 13.2. The van der Waals surface area contributed by atoms with Crippen LogP contribution in [0.15, 0.2) is 36.4 Å². The van der Waals surface area contributed by atoms with Crippen LogP contribution in [0.1, 0.15) is 22.3 Å². The second kappa shape index (κ2) is 5.57.